The van der Waals surface area contributed by atoms with Crippen LogP contribution < -0.4 is 10.6 Å². The molecule has 0 radical (unpaired) electrons. The van der Waals surface area contributed by atoms with Crippen LogP contribution in [0.1, 0.15) is 51.4 Å². The highest BCUT2D eigenvalue weighted by molar-refractivity contribution is 5.75. The molecule has 0 aromatic heterocycles. The van der Waals surface area contributed by atoms with Crippen LogP contribution in [0.4, 0.5) is 0 Å². The average molecular weight is 256 g/mol. The largest absolute Gasteiger partial charge is 0.396 e. The van der Waals surface area contributed by atoms with Gasteiger partial charge >= 0.3 is 0 Å². The van der Waals surface area contributed by atoms with E-state index in [-0.39, 0.29) is 12.5 Å². The highest BCUT2D eigenvalue weighted by atomic mass is 16.2. The Labute approximate surface area is 111 Å². The van der Waals surface area contributed by atoms with Crippen LogP contribution >= 0.6 is 0 Å². The highest BCUT2D eigenvalue weighted by Gasteiger charge is 2.14. The zero-order valence-corrected chi connectivity index (χ0v) is 11.4. The van der Waals surface area contributed by atoms with Gasteiger partial charge in [-0.25, -0.2) is 0 Å². The second kappa shape index (κ2) is 10.3. The second-order valence-corrected chi connectivity index (χ2v) is 5.22. The number of hydrogen-bond donors (Lipinski definition) is 3. The van der Waals surface area contributed by atoms with Gasteiger partial charge in [-0.05, 0) is 51.1 Å². The van der Waals surface area contributed by atoms with Crippen molar-refractivity contribution < 1.29 is 9.90 Å². The van der Waals surface area contributed by atoms with E-state index < -0.39 is 0 Å². The third kappa shape index (κ3) is 7.67. The smallest absolute Gasteiger partial charge is 0.220 e. The number of rotatable bonds is 9. The first-order valence-corrected chi connectivity index (χ1v) is 7.41. The minimum absolute atomic E-state index is 0.204. The number of hydrogen-bond acceptors (Lipinski definition) is 3. The maximum atomic E-state index is 11.6. The zero-order valence-electron chi connectivity index (χ0n) is 11.4. The Kier molecular flexibility index (Phi) is 8.86. The van der Waals surface area contributed by atoms with Crippen molar-refractivity contribution in [3.8, 4) is 0 Å². The van der Waals surface area contributed by atoms with Crippen molar-refractivity contribution in [3.05, 3.63) is 0 Å². The first-order chi connectivity index (χ1) is 8.83. The van der Waals surface area contributed by atoms with Crippen LogP contribution in [0.2, 0.25) is 0 Å². The molecule has 1 amide bonds. The molecular weight excluding hydrogens is 228 g/mol. The Morgan fingerprint density at radius 1 is 1.17 bits per heavy atom. The van der Waals surface area contributed by atoms with Crippen LogP contribution in [-0.2, 0) is 4.79 Å². The summed E-state index contributed by atoms with van der Waals surface area (Å²) in [4.78, 5) is 11.6. The summed E-state index contributed by atoms with van der Waals surface area (Å²) >= 11 is 0. The van der Waals surface area contributed by atoms with Crippen molar-refractivity contribution >= 4 is 5.91 Å². The van der Waals surface area contributed by atoms with Gasteiger partial charge in [0.15, 0.2) is 0 Å². The van der Waals surface area contributed by atoms with Crippen molar-refractivity contribution in [3.63, 3.8) is 0 Å². The van der Waals surface area contributed by atoms with E-state index in [9.17, 15) is 4.79 Å². The molecule has 1 rings (SSSR count). The van der Waals surface area contributed by atoms with E-state index in [4.69, 9.17) is 5.11 Å². The lowest BCUT2D eigenvalue weighted by Crippen LogP contribution is -2.29. The van der Waals surface area contributed by atoms with Crippen LogP contribution in [-0.4, -0.2) is 37.3 Å². The summed E-state index contributed by atoms with van der Waals surface area (Å²) < 4.78 is 0. The van der Waals surface area contributed by atoms with Gasteiger partial charge in [0.1, 0.15) is 0 Å². The highest BCUT2D eigenvalue weighted by Crippen LogP contribution is 2.17. The molecule has 106 valence electrons. The molecule has 0 saturated carbocycles. The normalized spacial score (nSPS) is 16.7. The van der Waals surface area contributed by atoms with Gasteiger partial charge in [-0.2, -0.15) is 0 Å². The lowest BCUT2D eigenvalue weighted by atomic mass is 9.93. The first kappa shape index (κ1) is 15.4. The van der Waals surface area contributed by atoms with Crippen LogP contribution in [0.25, 0.3) is 0 Å². The molecule has 1 aliphatic heterocycles. The molecule has 0 spiro atoms. The molecule has 4 heteroatoms. The van der Waals surface area contributed by atoms with E-state index in [0.717, 1.165) is 57.7 Å². The van der Waals surface area contributed by atoms with Crippen molar-refractivity contribution in [2.75, 3.05) is 26.2 Å². The Morgan fingerprint density at radius 3 is 2.61 bits per heavy atom. The van der Waals surface area contributed by atoms with Crippen LogP contribution in [0.5, 0.6) is 0 Å². The number of unbranched alkanes of at least 4 members (excludes halogenated alkanes) is 3. The average Bonchev–Trinajstić information content (AvgIpc) is 2.41. The third-order valence-electron chi connectivity index (χ3n) is 3.65. The number of piperidine rings is 1. The van der Waals surface area contributed by atoms with Crippen LogP contribution in [0, 0.1) is 5.92 Å². The molecule has 1 aliphatic rings. The molecule has 0 aromatic carbocycles. The molecule has 1 fully saturated rings. The predicted molar refractivity (Wildman–Crippen MR) is 73.4 cm³/mol. The molecule has 0 aliphatic carbocycles. The van der Waals surface area contributed by atoms with E-state index in [1.54, 1.807) is 0 Å². The van der Waals surface area contributed by atoms with E-state index >= 15 is 0 Å². The standard InChI is InChI=1S/C14H28N2O2/c17-12-4-2-1-3-9-16-14(18)6-5-13-7-10-15-11-8-13/h13,15,17H,1-12H2,(H,16,18). The monoisotopic (exact) mass is 256 g/mol. The quantitative estimate of drug-likeness (QED) is 0.547. The minimum atomic E-state index is 0.204. The zero-order chi connectivity index (χ0) is 13.1. The molecule has 0 unspecified atom stereocenters. The van der Waals surface area contributed by atoms with Gasteiger partial charge in [0.25, 0.3) is 0 Å². The summed E-state index contributed by atoms with van der Waals surface area (Å²) in [6.07, 6.45) is 8.21. The summed E-state index contributed by atoms with van der Waals surface area (Å²) in [5, 5.41) is 15.0. The van der Waals surface area contributed by atoms with Gasteiger partial charge in [-0.1, -0.05) is 12.8 Å². The third-order valence-corrected chi connectivity index (χ3v) is 3.65. The molecule has 4 nitrogen and oxygen atoms in total. The number of aliphatic hydroxyl groups excluding tert-OH is 1. The molecule has 3 N–H and O–H groups in total. The predicted octanol–water partition coefficient (Wildman–Crippen LogP) is 1.44. The molecule has 0 aromatic rings. The minimum Gasteiger partial charge on any atom is -0.396 e. The molecular formula is C14H28N2O2. The number of nitrogens with one attached hydrogen (secondary N) is 2. The number of carbonyl (C=O) groups excluding carboxylic acids is 1. The summed E-state index contributed by atoms with van der Waals surface area (Å²) in [6, 6.07) is 0. The van der Waals surface area contributed by atoms with Crippen LogP contribution in [0.15, 0.2) is 0 Å². The molecule has 1 saturated heterocycles. The molecule has 18 heavy (non-hydrogen) atoms. The summed E-state index contributed by atoms with van der Waals surface area (Å²) in [5.74, 6) is 0.942. The Balaban J connectivity index is 1.90. The Morgan fingerprint density at radius 2 is 1.89 bits per heavy atom. The fourth-order valence-corrected chi connectivity index (χ4v) is 2.41. The van der Waals surface area contributed by atoms with Crippen molar-refractivity contribution in [2.24, 2.45) is 5.92 Å². The van der Waals surface area contributed by atoms with Gasteiger partial charge in [0.05, 0.1) is 0 Å². The van der Waals surface area contributed by atoms with E-state index in [1.807, 2.05) is 0 Å². The van der Waals surface area contributed by atoms with Crippen molar-refractivity contribution in [1.82, 2.24) is 10.6 Å². The molecule has 1 heterocycles. The van der Waals surface area contributed by atoms with Gasteiger partial charge < -0.3 is 15.7 Å². The Hall–Kier alpha value is -0.610. The maximum Gasteiger partial charge on any atom is 0.220 e. The van der Waals surface area contributed by atoms with E-state index in [2.05, 4.69) is 10.6 Å². The van der Waals surface area contributed by atoms with Gasteiger partial charge in [0, 0.05) is 19.6 Å². The van der Waals surface area contributed by atoms with Gasteiger partial charge in [0.2, 0.25) is 5.91 Å². The van der Waals surface area contributed by atoms with Crippen molar-refractivity contribution in [2.45, 2.75) is 51.4 Å². The topological polar surface area (TPSA) is 61.4 Å². The fourth-order valence-electron chi connectivity index (χ4n) is 2.41. The Bertz CT molecular complexity index is 216. The number of amides is 1. The van der Waals surface area contributed by atoms with E-state index in [1.165, 1.54) is 12.8 Å². The summed E-state index contributed by atoms with van der Waals surface area (Å²) in [6.45, 7) is 3.29. The molecule has 0 atom stereocenters. The maximum absolute atomic E-state index is 11.6. The lowest BCUT2D eigenvalue weighted by Gasteiger charge is -2.22. The SMILES string of the molecule is O=C(CCC1CCNCC1)NCCCCCCO. The number of carbonyl (C=O) groups is 1. The lowest BCUT2D eigenvalue weighted by molar-refractivity contribution is -0.121. The first-order valence-electron chi connectivity index (χ1n) is 7.41. The summed E-state index contributed by atoms with van der Waals surface area (Å²) in [7, 11) is 0. The summed E-state index contributed by atoms with van der Waals surface area (Å²) in [5.41, 5.74) is 0. The van der Waals surface area contributed by atoms with Crippen LogP contribution in [0.3, 0.4) is 0 Å². The van der Waals surface area contributed by atoms with Gasteiger partial charge in [-0.15, -0.1) is 0 Å². The number of aliphatic hydroxyl groups is 1. The fraction of sp³-hybridized carbons (Fsp3) is 0.929. The van der Waals surface area contributed by atoms with Crippen molar-refractivity contribution in [1.29, 1.82) is 0 Å². The van der Waals surface area contributed by atoms with Gasteiger partial charge in [-0.3, -0.25) is 4.79 Å². The molecule has 0 bridgehead atoms. The van der Waals surface area contributed by atoms with E-state index in [0.29, 0.717) is 6.42 Å². The second-order valence-electron chi connectivity index (χ2n) is 5.22.